The summed E-state index contributed by atoms with van der Waals surface area (Å²) in [6.45, 7) is 6.73. The van der Waals surface area contributed by atoms with Gasteiger partial charge in [0.2, 0.25) is 5.79 Å². The molecule has 0 aromatic heterocycles. The monoisotopic (exact) mass is 184 g/mol. The maximum atomic E-state index is 10.4. The lowest BCUT2D eigenvalue weighted by Crippen LogP contribution is -2.44. The molecule has 2 atom stereocenters. The first-order chi connectivity index (χ1) is 5.97. The topological polar surface area (TPSA) is 38.8 Å². The zero-order chi connectivity index (χ0) is 9.74. The van der Waals surface area contributed by atoms with Crippen molar-refractivity contribution in [1.29, 1.82) is 0 Å². The van der Waals surface area contributed by atoms with Crippen LogP contribution in [0, 0.1) is 5.41 Å². The largest absolute Gasteiger partial charge is 0.431 e. The van der Waals surface area contributed by atoms with E-state index in [1.165, 1.54) is 0 Å². The fourth-order valence-electron chi connectivity index (χ4n) is 2.77. The van der Waals surface area contributed by atoms with Crippen molar-refractivity contribution < 1.29 is 14.3 Å². The maximum absolute atomic E-state index is 10.4. The molecule has 2 fully saturated rings. The van der Waals surface area contributed by atoms with Crippen LogP contribution in [0.25, 0.3) is 0 Å². The molecule has 2 unspecified atom stereocenters. The van der Waals surface area contributed by atoms with Crippen LogP contribution >= 0.6 is 0 Å². The molecule has 1 saturated heterocycles. The van der Waals surface area contributed by atoms with Crippen LogP contribution in [0.1, 0.15) is 40.0 Å². The number of hydrogen-bond acceptors (Lipinski definition) is 3. The normalized spacial score (nSPS) is 46.4. The summed E-state index contributed by atoms with van der Waals surface area (Å²) in [7, 11) is 0. The van der Waals surface area contributed by atoms with Crippen LogP contribution in [0.15, 0.2) is 0 Å². The predicted octanol–water partition coefficient (Wildman–Crippen LogP) is 1.85. The first kappa shape index (κ1) is 9.00. The van der Waals surface area contributed by atoms with E-state index in [0.717, 1.165) is 19.3 Å². The van der Waals surface area contributed by atoms with Crippen molar-refractivity contribution in [2.24, 2.45) is 5.41 Å². The molecule has 1 heterocycles. The minimum Gasteiger partial charge on any atom is -0.431 e. The van der Waals surface area contributed by atoms with E-state index in [0.29, 0.717) is 6.47 Å². The lowest BCUT2D eigenvalue weighted by atomic mass is 9.70. The van der Waals surface area contributed by atoms with Crippen LogP contribution in [-0.2, 0) is 14.3 Å². The molecular formula is C10H16O3. The third kappa shape index (κ3) is 0.909. The van der Waals surface area contributed by atoms with Crippen molar-refractivity contribution in [2.75, 3.05) is 0 Å². The van der Waals surface area contributed by atoms with Crippen molar-refractivity contribution in [3.8, 4) is 0 Å². The summed E-state index contributed by atoms with van der Waals surface area (Å²) in [5.74, 6) is -0.639. The Morgan fingerprint density at radius 1 is 1.31 bits per heavy atom. The van der Waals surface area contributed by atoms with E-state index < -0.39 is 5.79 Å². The van der Waals surface area contributed by atoms with Gasteiger partial charge in [-0.15, -0.1) is 0 Å². The van der Waals surface area contributed by atoms with Gasteiger partial charge >= 0.3 is 0 Å². The Hall–Kier alpha value is -0.570. The summed E-state index contributed by atoms with van der Waals surface area (Å²) < 4.78 is 10.8. The number of epoxide rings is 1. The second-order valence-corrected chi connectivity index (χ2v) is 4.90. The fourth-order valence-corrected chi connectivity index (χ4v) is 2.77. The first-order valence-electron chi connectivity index (χ1n) is 4.79. The number of carbonyl (C=O) groups is 1. The lowest BCUT2D eigenvalue weighted by molar-refractivity contribution is -0.160. The molecule has 0 amide bonds. The molecule has 3 nitrogen and oxygen atoms in total. The molecule has 0 bridgehead atoms. The van der Waals surface area contributed by atoms with E-state index in [9.17, 15) is 4.79 Å². The van der Waals surface area contributed by atoms with Crippen LogP contribution in [0.3, 0.4) is 0 Å². The lowest BCUT2D eigenvalue weighted by Gasteiger charge is -2.36. The van der Waals surface area contributed by atoms with E-state index in [1.54, 1.807) is 0 Å². The second kappa shape index (κ2) is 2.27. The molecule has 13 heavy (non-hydrogen) atoms. The maximum Gasteiger partial charge on any atom is 0.295 e. The van der Waals surface area contributed by atoms with Crippen LogP contribution in [0.4, 0.5) is 0 Å². The van der Waals surface area contributed by atoms with Gasteiger partial charge in [0.15, 0.2) is 0 Å². The van der Waals surface area contributed by atoms with Gasteiger partial charge in [0.1, 0.15) is 5.60 Å². The van der Waals surface area contributed by atoms with Gasteiger partial charge in [-0.25, -0.2) is 0 Å². The number of fused-ring (bicyclic) bond motifs is 1. The van der Waals surface area contributed by atoms with E-state index >= 15 is 0 Å². The molecule has 1 saturated carbocycles. The van der Waals surface area contributed by atoms with E-state index in [2.05, 4.69) is 13.8 Å². The summed E-state index contributed by atoms with van der Waals surface area (Å²) in [6.07, 6.45) is 3.19. The molecular weight excluding hydrogens is 168 g/mol. The standard InChI is InChI=1S/C10H16O3/c1-8(2)5-4-6-9(3)10(8,13-9)12-7-11/h7H,4-6H2,1-3H3. The number of hydrogen-bond donors (Lipinski definition) is 0. The van der Waals surface area contributed by atoms with Gasteiger partial charge in [0, 0.05) is 5.41 Å². The van der Waals surface area contributed by atoms with Crippen molar-refractivity contribution in [3.05, 3.63) is 0 Å². The summed E-state index contributed by atoms with van der Waals surface area (Å²) >= 11 is 0. The van der Waals surface area contributed by atoms with Gasteiger partial charge in [-0.1, -0.05) is 13.8 Å². The fraction of sp³-hybridized carbons (Fsp3) is 0.900. The molecule has 0 aromatic carbocycles. The van der Waals surface area contributed by atoms with Crippen molar-refractivity contribution in [1.82, 2.24) is 0 Å². The Labute approximate surface area is 78.4 Å². The summed E-state index contributed by atoms with van der Waals surface area (Å²) in [5.41, 5.74) is -0.281. The highest BCUT2D eigenvalue weighted by Gasteiger charge is 2.77. The van der Waals surface area contributed by atoms with Crippen molar-refractivity contribution in [2.45, 2.75) is 51.4 Å². The Kier molecular flexibility index (Phi) is 1.57. The summed E-state index contributed by atoms with van der Waals surface area (Å²) in [4.78, 5) is 10.4. The smallest absolute Gasteiger partial charge is 0.295 e. The van der Waals surface area contributed by atoms with E-state index in [1.807, 2.05) is 6.92 Å². The number of carbonyl (C=O) groups excluding carboxylic acids is 1. The summed E-state index contributed by atoms with van der Waals surface area (Å²) in [6, 6.07) is 0. The molecule has 2 aliphatic rings. The highest BCUT2D eigenvalue weighted by Crippen LogP contribution is 2.65. The molecule has 1 aliphatic carbocycles. The zero-order valence-electron chi connectivity index (χ0n) is 8.42. The Balaban J connectivity index is 2.29. The molecule has 2 rings (SSSR count). The highest BCUT2D eigenvalue weighted by molar-refractivity contribution is 5.41. The average Bonchev–Trinajstić information content (AvgIpc) is 2.58. The van der Waals surface area contributed by atoms with E-state index in [4.69, 9.17) is 9.47 Å². The Bertz CT molecular complexity index is 249. The Morgan fingerprint density at radius 3 is 2.54 bits per heavy atom. The average molecular weight is 184 g/mol. The molecule has 0 spiro atoms. The van der Waals surface area contributed by atoms with Gasteiger partial charge < -0.3 is 9.47 Å². The molecule has 0 aromatic rings. The van der Waals surface area contributed by atoms with Gasteiger partial charge in [-0.05, 0) is 26.2 Å². The van der Waals surface area contributed by atoms with Gasteiger partial charge in [-0.2, -0.15) is 0 Å². The Morgan fingerprint density at radius 2 is 2.00 bits per heavy atom. The third-order valence-electron chi connectivity index (χ3n) is 3.58. The molecule has 1 aliphatic heterocycles. The molecule has 74 valence electrons. The van der Waals surface area contributed by atoms with Crippen LogP contribution in [-0.4, -0.2) is 17.9 Å². The van der Waals surface area contributed by atoms with Crippen LogP contribution < -0.4 is 0 Å². The minimum atomic E-state index is -0.639. The van der Waals surface area contributed by atoms with Gasteiger partial charge in [0.05, 0.1) is 0 Å². The second-order valence-electron chi connectivity index (χ2n) is 4.90. The molecule has 0 radical (unpaired) electrons. The van der Waals surface area contributed by atoms with Crippen LogP contribution in [0.5, 0.6) is 0 Å². The minimum absolute atomic E-state index is 0.0547. The molecule has 0 N–H and O–H groups in total. The first-order valence-corrected chi connectivity index (χ1v) is 4.79. The third-order valence-corrected chi connectivity index (χ3v) is 3.58. The summed E-state index contributed by atoms with van der Waals surface area (Å²) in [5, 5.41) is 0. The quantitative estimate of drug-likeness (QED) is 0.485. The van der Waals surface area contributed by atoms with Crippen LogP contribution in [0.2, 0.25) is 0 Å². The van der Waals surface area contributed by atoms with E-state index in [-0.39, 0.29) is 11.0 Å². The van der Waals surface area contributed by atoms with Gasteiger partial charge in [0.25, 0.3) is 6.47 Å². The SMILES string of the molecule is CC1(C)CCCC2(C)OC12OC=O. The predicted molar refractivity (Wildman–Crippen MR) is 47.0 cm³/mol. The van der Waals surface area contributed by atoms with Crippen molar-refractivity contribution >= 4 is 6.47 Å². The van der Waals surface area contributed by atoms with Gasteiger partial charge in [-0.3, -0.25) is 4.79 Å². The number of ether oxygens (including phenoxy) is 2. The zero-order valence-corrected chi connectivity index (χ0v) is 8.42. The molecule has 3 heteroatoms. The van der Waals surface area contributed by atoms with Crippen molar-refractivity contribution in [3.63, 3.8) is 0 Å². The number of rotatable bonds is 2. The highest BCUT2D eigenvalue weighted by atomic mass is 16.8.